The lowest BCUT2D eigenvalue weighted by Crippen LogP contribution is -2.09. The third-order valence-electron chi connectivity index (χ3n) is 1.81. The molecule has 2 N–H and O–H groups in total. The molecule has 0 bridgehead atoms. The van der Waals surface area contributed by atoms with Gasteiger partial charge in [0.15, 0.2) is 0 Å². The van der Waals surface area contributed by atoms with Crippen LogP contribution in [0.25, 0.3) is 0 Å². The van der Waals surface area contributed by atoms with Crippen molar-refractivity contribution in [1.82, 2.24) is 0 Å². The van der Waals surface area contributed by atoms with E-state index >= 15 is 0 Å². The largest absolute Gasteiger partial charge is 0.416 e. The summed E-state index contributed by atoms with van der Waals surface area (Å²) >= 11 is 0. The van der Waals surface area contributed by atoms with Crippen LogP contribution in [0.15, 0.2) is 18.2 Å². The molecule has 1 atom stereocenters. The minimum atomic E-state index is -4.67. The molecule has 2 nitrogen and oxygen atoms in total. The van der Waals surface area contributed by atoms with E-state index in [-0.39, 0.29) is 5.56 Å². The lowest BCUT2D eigenvalue weighted by molar-refractivity contribution is -0.137. The topological polar surface area (TPSA) is 40.5 Å². The monoisotopic (exact) mass is 224 g/mol. The Morgan fingerprint density at radius 2 is 1.80 bits per heavy atom. The Labute approximate surface area is 82.8 Å². The number of alkyl halides is 3. The van der Waals surface area contributed by atoms with E-state index in [9.17, 15) is 17.6 Å². The molecular formula is C9H8F4O2. The van der Waals surface area contributed by atoms with Gasteiger partial charge in [0.05, 0.1) is 12.2 Å². The van der Waals surface area contributed by atoms with Crippen molar-refractivity contribution in [2.24, 2.45) is 0 Å². The number of halogens is 4. The Morgan fingerprint density at radius 3 is 2.27 bits per heavy atom. The van der Waals surface area contributed by atoms with Gasteiger partial charge in [0.25, 0.3) is 0 Å². The molecule has 0 aliphatic heterocycles. The van der Waals surface area contributed by atoms with E-state index in [1.54, 1.807) is 0 Å². The van der Waals surface area contributed by atoms with Gasteiger partial charge in [-0.15, -0.1) is 0 Å². The number of aliphatic hydroxyl groups excluding tert-OH is 2. The molecule has 1 unspecified atom stereocenters. The molecule has 0 aromatic heterocycles. The van der Waals surface area contributed by atoms with Crippen LogP contribution in [0.1, 0.15) is 17.2 Å². The maximum atomic E-state index is 12.8. The Morgan fingerprint density at radius 1 is 1.20 bits per heavy atom. The van der Waals surface area contributed by atoms with Crippen LogP contribution in [0.3, 0.4) is 0 Å². The Balaban J connectivity index is 3.17. The minimum Gasteiger partial charge on any atom is -0.393 e. The molecule has 15 heavy (non-hydrogen) atoms. The van der Waals surface area contributed by atoms with Gasteiger partial charge in [-0.1, -0.05) is 0 Å². The molecule has 84 valence electrons. The van der Waals surface area contributed by atoms with Gasteiger partial charge in [-0.25, -0.2) is 4.39 Å². The van der Waals surface area contributed by atoms with Crippen LogP contribution in [0.4, 0.5) is 17.6 Å². The molecule has 0 heterocycles. The predicted octanol–water partition coefficient (Wildman–Crippen LogP) is 1.87. The fourth-order valence-electron chi connectivity index (χ4n) is 1.07. The number of hydrogen-bond acceptors (Lipinski definition) is 2. The first-order valence-corrected chi connectivity index (χ1v) is 4.01. The molecule has 1 rings (SSSR count). The quantitative estimate of drug-likeness (QED) is 0.753. The average molecular weight is 224 g/mol. The van der Waals surface area contributed by atoms with E-state index in [1.807, 2.05) is 0 Å². The van der Waals surface area contributed by atoms with Gasteiger partial charge in [0.1, 0.15) is 11.9 Å². The fourth-order valence-corrected chi connectivity index (χ4v) is 1.07. The molecule has 0 aliphatic carbocycles. The molecule has 0 amide bonds. The first-order valence-electron chi connectivity index (χ1n) is 4.01. The fraction of sp³-hybridized carbons (Fsp3) is 0.333. The van der Waals surface area contributed by atoms with Crippen molar-refractivity contribution in [3.63, 3.8) is 0 Å². The van der Waals surface area contributed by atoms with Crippen molar-refractivity contribution < 1.29 is 27.8 Å². The summed E-state index contributed by atoms with van der Waals surface area (Å²) in [5, 5.41) is 17.6. The van der Waals surface area contributed by atoms with Crippen molar-refractivity contribution in [1.29, 1.82) is 0 Å². The summed E-state index contributed by atoms with van der Waals surface area (Å²) in [6, 6.07) is 1.67. The lowest BCUT2D eigenvalue weighted by atomic mass is 10.1. The molecule has 0 fully saturated rings. The van der Waals surface area contributed by atoms with Gasteiger partial charge >= 0.3 is 6.18 Å². The van der Waals surface area contributed by atoms with Crippen LogP contribution in [-0.4, -0.2) is 16.8 Å². The van der Waals surface area contributed by atoms with Gasteiger partial charge in [-0.05, 0) is 23.8 Å². The third kappa shape index (κ3) is 2.90. The highest BCUT2D eigenvalue weighted by atomic mass is 19.4. The summed E-state index contributed by atoms with van der Waals surface area (Å²) in [7, 11) is 0. The second-order valence-electron chi connectivity index (χ2n) is 2.97. The van der Waals surface area contributed by atoms with Crippen LogP contribution in [0.2, 0.25) is 0 Å². The molecule has 0 saturated heterocycles. The zero-order valence-electron chi connectivity index (χ0n) is 7.42. The van der Waals surface area contributed by atoms with Gasteiger partial charge in [-0.3, -0.25) is 0 Å². The van der Waals surface area contributed by atoms with Crippen LogP contribution < -0.4 is 0 Å². The highest BCUT2D eigenvalue weighted by Crippen LogP contribution is 2.31. The Bertz CT molecular complexity index is 348. The summed E-state index contributed by atoms with van der Waals surface area (Å²) in [5.74, 6) is -1.10. The normalized spacial score (nSPS) is 14.0. The minimum absolute atomic E-state index is 0.301. The third-order valence-corrected chi connectivity index (χ3v) is 1.81. The van der Waals surface area contributed by atoms with E-state index < -0.39 is 30.3 Å². The van der Waals surface area contributed by atoms with E-state index in [0.717, 1.165) is 6.07 Å². The molecule has 6 heteroatoms. The van der Waals surface area contributed by atoms with E-state index in [1.165, 1.54) is 0 Å². The maximum Gasteiger partial charge on any atom is 0.416 e. The summed E-state index contributed by atoms with van der Waals surface area (Å²) in [4.78, 5) is 0. The summed E-state index contributed by atoms with van der Waals surface area (Å²) in [6.07, 6.45) is -6.19. The van der Waals surface area contributed by atoms with E-state index in [4.69, 9.17) is 10.2 Å². The average Bonchev–Trinajstić information content (AvgIpc) is 2.14. The molecular weight excluding hydrogens is 216 g/mol. The molecule has 0 spiro atoms. The highest BCUT2D eigenvalue weighted by Gasteiger charge is 2.31. The smallest absolute Gasteiger partial charge is 0.393 e. The van der Waals surface area contributed by atoms with Crippen molar-refractivity contribution in [3.8, 4) is 0 Å². The zero-order chi connectivity index (χ0) is 11.6. The molecule has 0 radical (unpaired) electrons. The lowest BCUT2D eigenvalue weighted by Gasteiger charge is -2.12. The van der Waals surface area contributed by atoms with Crippen LogP contribution in [0.5, 0.6) is 0 Å². The predicted molar refractivity (Wildman–Crippen MR) is 43.4 cm³/mol. The van der Waals surface area contributed by atoms with Crippen LogP contribution in [-0.2, 0) is 6.18 Å². The second kappa shape index (κ2) is 4.16. The molecule has 0 aliphatic rings. The first kappa shape index (κ1) is 11.9. The SMILES string of the molecule is OCC(O)c1cc(F)cc(C(F)(F)F)c1. The van der Waals surface area contributed by atoms with E-state index in [2.05, 4.69) is 0 Å². The number of rotatable bonds is 2. The molecule has 1 aromatic carbocycles. The Kier molecular flexibility index (Phi) is 3.31. The summed E-state index contributed by atoms with van der Waals surface area (Å²) in [5.41, 5.74) is -1.49. The van der Waals surface area contributed by atoms with Crippen molar-refractivity contribution in [3.05, 3.63) is 35.1 Å². The first-order chi connectivity index (χ1) is 6.84. The highest BCUT2D eigenvalue weighted by molar-refractivity contribution is 5.28. The van der Waals surface area contributed by atoms with Crippen LogP contribution >= 0.6 is 0 Å². The van der Waals surface area contributed by atoms with Crippen molar-refractivity contribution in [2.45, 2.75) is 12.3 Å². The van der Waals surface area contributed by atoms with Gasteiger partial charge in [0, 0.05) is 0 Å². The van der Waals surface area contributed by atoms with Gasteiger partial charge < -0.3 is 10.2 Å². The zero-order valence-corrected chi connectivity index (χ0v) is 7.42. The number of benzene rings is 1. The van der Waals surface area contributed by atoms with Crippen LogP contribution in [0, 0.1) is 5.82 Å². The molecule has 0 saturated carbocycles. The molecule has 1 aromatic rings. The summed E-state index contributed by atoms with van der Waals surface area (Å²) < 4.78 is 49.4. The van der Waals surface area contributed by atoms with Crippen molar-refractivity contribution in [2.75, 3.05) is 6.61 Å². The van der Waals surface area contributed by atoms with E-state index in [0.29, 0.717) is 12.1 Å². The van der Waals surface area contributed by atoms with Crippen molar-refractivity contribution >= 4 is 0 Å². The van der Waals surface area contributed by atoms with Gasteiger partial charge in [-0.2, -0.15) is 13.2 Å². The summed E-state index contributed by atoms with van der Waals surface area (Å²) in [6.45, 7) is -0.763. The number of aliphatic hydroxyl groups is 2. The maximum absolute atomic E-state index is 12.8. The standard InChI is InChI=1S/C9H8F4O2/c10-7-2-5(8(15)4-14)1-6(3-7)9(11,12)13/h1-3,8,14-15H,4H2. The Hall–Kier alpha value is -1.14. The second-order valence-corrected chi connectivity index (χ2v) is 2.97. The number of hydrogen-bond donors (Lipinski definition) is 2. The van der Waals surface area contributed by atoms with Gasteiger partial charge in [0.2, 0.25) is 0 Å².